The van der Waals surface area contributed by atoms with Crippen LogP contribution in [0.4, 0.5) is 0 Å². The van der Waals surface area contributed by atoms with E-state index in [0.29, 0.717) is 0 Å². The normalized spacial score (nSPS) is 11.0. The van der Waals surface area contributed by atoms with Gasteiger partial charge in [0, 0.05) is 6.54 Å². The summed E-state index contributed by atoms with van der Waals surface area (Å²) in [6.07, 6.45) is 5.36. The molecule has 10 heavy (non-hydrogen) atoms. The molecule has 0 saturated heterocycles. The van der Waals surface area contributed by atoms with Gasteiger partial charge in [-0.15, -0.1) is 0 Å². The lowest BCUT2D eigenvalue weighted by atomic mass is 10.4. The highest BCUT2D eigenvalue weighted by Gasteiger charge is 1.75. The number of nitrogens with one attached hydrogen (secondary N) is 3. The van der Waals surface area contributed by atoms with E-state index in [0.717, 1.165) is 19.5 Å². The third kappa shape index (κ3) is 7.62. The van der Waals surface area contributed by atoms with Gasteiger partial charge in [-0.05, 0) is 27.1 Å². The number of hydrogen-bond donors (Lipinski definition) is 3. The summed E-state index contributed by atoms with van der Waals surface area (Å²) in [5.41, 5.74) is 5.81. The van der Waals surface area contributed by atoms with E-state index in [1.54, 1.807) is 0 Å². The zero-order valence-corrected chi connectivity index (χ0v) is 6.78. The molecule has 0 atom stereocenters. The zero-order chi connectivity index (χ0) is 7.66. The fraction of sp³-hybridized carbons (Fsp3) is 0.714. The second-order valence-electron chi connectivity index (χ2n) is 1.99. The highest BCUT2D eigenvalue weighted by Crippen LogP contribution is 1.77. The highest BCUT2D eigenvalue weighted by atomic mass is 15.3. The van der Waals surface area contributed by atoms with Crippen molar-refractivity contribution in [3.63, 3.8) is 0 Å². The van der Waals surface area contributed by atoms with Gasteiger partial charge in [0.25, 0.3) is 0 Å². The van der Waals surface area contributed by atoms with Gasteiger partial charge in [-0.1, -0.05) is 12.2 Å². The molecule has 0 aliphatic heterocycles. The maximum absolute atomic E-state index is 3.07. The van der Waals surface area contributed by atoms with E-state index in [-0.39, 0.29) is 0 Å². The summed E-state index contributed by atoms with van der Waals surface area (Å²) in [4.78, 5) is 0. The molecule has 0 heterocycles. The molecule has 0 aromatic carbocycles. The SMILES string of the molecule is CNCC/C=C\CNNC. The molecule has 0 aliphatic carbocycles. The predicted molar refractivity (Wildman–Crippen MR) is 44.7 cm³/mol. The Bertz CT molecular complexity index is 70.9. The van der Waals surface area contributed by atoms with Crippen molar-refractivity contribution in [2.24, 2.45) is 0 Å². The van der Waals surface area contributed by atoms with Crippen LogP contribution < -0.4 is 16.2 Å². The van der Waals surface area contributed by atoms with Gasteiger partial charge in [0.2, 0.25) is 0 Å². The molecule has 0 amide bonds. The van der Waals surface area contributed by atoms with Crippen LogP contribution in [0.25, 0.3) is 0 Å². The van der Waals surface area contributed by atoms with Crippen molar-refractivity contribution in [3.05, 3.63) is 12.2 Å². The van der Waals surface area contributed by atoms with Crippen LogP contribution in [0.1, 0.15) is 6.42 Å². The van der Waals surface area contributed by atoms with E-state index in [9.17, 15) is 0 Å². The van der Waals surface area contributed by atoms with Crippen LogP contribution in [0, 0.1) is 0 Å². The molecule has 0 fully saturated rings. The Balaban J connectivity index is 2.89. The quantitative estimate of drug-likeness (QED) is 0.275. The van der Waals surface area contributed by atoms with Crippen LogP contribution in [-0.4, -0.2) is 27.2 Å². The molecule has 60 valence electrons. The molecule has 3 N–H and O–H groups in total. The fourth-order valence-corrected chi connectivity index (χ4v) is 0.590. The summed E-state index contributed by atoms with van der Waals surface area (Å²) in [5.74, 6) is 0. The molecular formula is C7H17N3. The van der Waals surface area contributed by atoms with E-state index in [1.807, 2.05) is 14.1 Å². The third-order valence-corrected chi connectivity index (χ3v) is 1.12. The molecule has 3 nitrogen and oxygen atoms in total. The van der Waals surface area contributed by atoms with Gasteiger partial charge in [-0.2, -0.15) is 0 Å². The van der Waals surface area contributed by atoms with Crippen molar-refractivity contribution in [3.8, 4) is 0 Å². The number of hydrazine groups is 1. The van der Waals surface area contributed by atoms with E-state index in [4.69, 9.17) is 0 Å². The smallest absolute Gasteiger partial charge is 0.0280 e. The highest BCUT2D eigenvalue weighted by molar-refractivity contribution is 4.83. The largest absolute Gasteiger partial charge is 0.319 e. The molecule has 0 unspecified atom stereocenters. The van der Waals surface area contributed by atoms with Gasteiger partial charge in [0.15, 0.2) is 0 Å². The molecule has 0 aromatic heterocycles. The minimum atomic E-state index is 0.889. The first kappa shape index (κ1) is 9.62. The van der Waals surface area contributed by atoms with Crippen LogP contribution in [-0.2, 0) is 0 Å². The standard InChI is InChI=1S/C7H17N3/c1-8-6-4-3-5-7-10-9-2/h3,5,8-10H,4,6-7H2,1-2H3/b5-3-. The van der Waals surface area contributed by atoms with Gasteiger partial charge in [-0.25, -0.2) is 0 Å². The summed E-state index contributed by atoms with van der Waals surface area (Å²) < 4.78 is 0. The van der Waals surface area contributed by atoms with E-state index in [1.165, 1.54) is 0 Å². The van der Waals surface area contributed by atoms with Crippen LogP contribution in [0.5, 0.6) is 0 Å². The Morgan fingerprint density at radius 1 is 1.20 bits per heavy atom. The van der Waals surface area contributed by atoms with Gasteiger partial charge < -0.3 is 5.32 Å². The van der Waals surface area contributed by atoms with Crippen LogP contribution in [0.2, 0.25) is 0 Å². The topological polar surface area (TPSA) is 36.1 Å². The molecular weight excluding hydrogens is 126 g/mol. The van der Waals surface area contributed by atoms with Crippen LogP contribution in [0.3, 0.4) is 0 Å². The van der Waals surface area contributed by atoms with Crippen LogP contribution in [0.15, 0.2) is 12.2 Å². The van der Waals surface area contributed by atoms with Crippen molar-refractivity contribution in [1.29, 1.82) is 0 Å². The summed E-state index contributed by atoms with van der Waals surface area (Å²) in [5, 5.41) is 3.07. The predicted octanol–water partition coefficient (Wildman–Crippen LogP) is -0.124. The Morgan fingerprint density at radius 3 is 2.60 bits per heavy atom. The Labute approximate surface area is 62.9 Å². The molecule has 0 spiro atoms. The van der Waals surface area contributed by atoms with Crippen molar-refractivity contribution in [2.45, 2.75) is 6.42 Å². The van der Waals surface area contributed by atoms with E-state index >= 15 is 0 Å². The second kappa shape index (κ2) is 8.62. The Morgan fingerprint density at radius 2 is 2.00 bits per heavy atom. The maximum Gasteiger partial charge on any atom is 0.0280 e. The number of rotatable bonds is 6. The molecule has 0 saturated carbocycles. The second-order valence-corrected chi connectivity index (χ2v) is 1.99. The van der Waals surface area contributed by atoms with Gasteiger partial charge >= 0.3 is 0 Å². The lowest BCUT2D eigenvalue weighted by molar-refractivity contribution is 0.645. The first-order valence-corrected chi connectivity index (χ1v) is 3.61. The number of hydrogen-bond acceptors (Lipinski definition) is 3. The fourth-order valence-electron chi connectivity index (χ4n) is 0.590. The summed E-state index contributed by atoms with van der Waals surface area (Å²) >= 11 is 0. The first-order valence-electron chi connectivity index (χ1n) is 3.61. The third-order valence-electron chi connectivity index (χ3n) is 1.12. The minimum Gasteiger partial charge on any atom is -0.319 e. The average Bonchev–Trinajstić information content (AvgIpc) is 1.97. The van der Waals surface area contributed by atoms with Crippen LogP contribution >= 0.6 is 0 Å². The first-order chi connectivity index (χ1) is 4.91. The molecule has 0 bridgehead atoms. The maximum atomic E-state index is 3.07. The monoisotopic (exact) mass is 143 g/mol. The summed E-state index contributed by atoms with van der Waals surface area (Å²) in [6, 6.07) is 0. The molecule has 3 heteroatoms. The van der Waals surface area contributed by atoms with Crippen molar-refractivity contribution < 1.29 is 0 Å². The van der Waals surface area contributed by atoms with Crippen molar-refractivity contribution >= 4 is 0 Å². The molecule has 0 radical (unpaired) electrons. The van der Waals surface area contributed by atoms with Crippen molar-refractivity contribution in [2.75, 3.05) is 27.2 Å². The molecule has 0 aliphatic rings. The minimum absolute atomic E-state index is 0.889. The van der Waals surface area contributed by atoms with Gasteiger partial charge in [0.05, 0.1) is 0 Å². The van der Waals surface area contributed by atoms with E-state index < -0.39 is 0 Å². The Hall–Kier alpha value is -0.380. The lowest BCUT2D eigenvalue weighted by Gasteiger charge is -1.95. The van der Waals surface area contributed by atoms with Gasteiger partial charge in [0.1, 0.15) is 0 Å². The van der Waals surface area contributed by atoms with Crippen molar-refractivity contribution in [1.82, 2.24) is 16.2 Å². The summed E-state index contributed by atoms with van der Waals surface area (Å²) in [7, 11) is 3.82. The average molecular weight is 143 g/mol. The Kier molecular flexibility index (Phi) is 8.29. The lowest BCUT2D eigenvalue weighted by Crippen LogP contribution is -2.27. The molecule has 0 rings (SSSR count). The summed E-state index contributed by atoms with van der Waals surface area (Å²) in [6.45, 7) is 1.94. The van der Waals surface area contributed by atoms with Gasteiger partial charge in [-0.3, -0.25) is 10.9 Å². The molecule has 0 aromatic rings. The zero-order valence-electron chi connectivity index (χ0n) is 6.78. The van der Waals surface area contributed by atoms with E-state index in [2.05, 4.69) is 28.3 Å².